The Morgan fingerprint density at radius 3 is 2.84 bits per heavy atom. The Balaban J connectivity index is 2.52. The first-order chi connectivity index (χ1) is 9.13. The Morgan fingerprint density at radius 1 is 1.32 bits per heavy atom. The Labute approximate surface area is 107 Å². The van der Waals surface area contributed by atoms with E-state index in [1.807, 2.05) is 0 Å². The Bertz CT molecular complexity index is 762. The summed E-state index contributed by atoms with van der Waals surface area (Å²) in [6.07, 6.45) is 1.92. The molecule has 0 saturated carbocycles. The third-order valence-electron chi connectivity index (χ3n) is 3.36. The van der Waals surface area contributed by atoms with E-state index in [9.17, 15) is 13.6 Å². The van der Waals surface area contributed by atoms with Crippen molar-refractivity contribution in [2.24, 2.45) is 0 Å². The highest BCUT2D eigenvalue weighted by Crippen LogP contribution is 2.34. The minimum atomic E-state index is -0.674. The average molecular weight is 263 g/mol. The number of benzene rings is 1. The number of hydrogen-bond acceptors (Lipinski definition) is 2. The number of nitrogens with zero attached hydrogens (tertiary/aromatic N) is 1. The van der Waals surface area contributed by atoms with Gasteiger partial charge in [0.15, 0.2) is 0 Å². The molecule has 19 heavy (non-hydrogen) atoms. The summed E-state index contributed by atoms with van der Waals surface area (Å²) in [5, 5.41) is 0.248. The Hall–Kier alpha value is -2.17. The monoisotopic (exact) mass is 263 g/mol. The van der Waals surface area contributed by atoms with Crippen LogP contribution in [0, 0.1) is 11.6 Å². The van der Waals surface area contributed by atoms with E-state index in [0.29, 0.717) is 24.1 Å². The molecule has 0 N–H and O–H groups in total. The number of ether oxygens (including phenoxy) is 1. The van der Waals surface area contributed by atoms with Crippen LogP contribution in [-0.4, -0.2) is 11.7 Å². The molecular weight excluding hydrogens is 252 g/mol. The summed E-state index contributed by atoms with van der Waals surface area (Å²) in [7, 11) is 1.47. The summed E-state index contributed by atoms with van der Waals surface area (Å²) in [4.78, 5) is 11.8. The molecular formula is C14H11F2NO2. The van der Waals surface area contributed by atoms with E-state index in [4.69, 9.17) is 4.74 Å². The summed E-state index contributed by atoms with van der Waals surface area (Å²) in [6, 6.07) is 3.54. The lowest BCUT2D eigenvalue weighted by Gasteiger charge is -2.22. The van der Waals surface area contributed by atoms with Gasteiger partial charge in [-0.2, -0.15) is 0 Å². The molecule has 0 spiro atoms. The Morgan fingerprint density at radius 2 is 2.11 bits per heavy atom. The van der Waals surface area contributed by atoms with Crippen LogP contribution in [0.15, 0.2) is 29.3 Å². The van der Waals surface area contributed by atoms with Crippen molar-refractivity contribution in [3.63, 3.8) is 0 Å². The van der Waals surface area contributed by atoms with Crippen molar-refractivity contribution in [3.8, 4) is 0 Å². The molecule has 1 aliphatic heterocycles. The van der Waals surface area contributed by atoms with Gasteiger partial charge in [0.1, 0.15) is 11.6 Å². The lowest BCUT2D eigenvalue weighted by atomic mass is 9.96. The van der Waals surface area contributed by atoms with E-state index >= 15 is 0 Å². The van der Waals surface area contributed by atoms with E-state index in [1.165, 1.54) is 30.1 Å². The fraction of sp³-hybridized carbons (Fsp3) is 0.214. The van der Waals surface area contributed by atoms with E-state index in [0.717, 1.165) is 6.07 Å². The number of halogens is 2. The predicted molar refractivity (Wildman–Crippen MR) is 67.7 cm³/mol. The van der Waals surface area contributed by atoms with Crippen LogP contribution in [-0.2, 0) is 11.3 Å². The van der Waals surface area contributed by atoms with Gasteiger partial charge in [-0.25, -0.2) is 8.78 Å². The van der Waals surface area contributed by atoms with Crippen molar-refractivity contribution in [1.29, 1.82) is 0 Å². The van der Waals surface area contributed by atoms with Crippen LogP contribution in [0.3, 0.4) is 0 Å². The van der Waals surface area contributed by atoms with Crippen molar-refractivity contribution in [3.05, 3.63) is 52.0 Å². The lowest BCUT2D eigenvalue weighted by Crippen LogP contribution is -2.24. The fourth-order valence-electron chi connectivity index (χ4n) is 2.56. The molecule has 2 aromatic rings. The molecule has 3 nitrogen and oxygen atoms in total. The first kappa shape index (κ1) is 11.9. The SMILES string of the molecule is COC=C1CCn2c(=O)ccc3c(F)cc(F)c1c32. The summed E-state index contributed by atoms with van der Waals surface area (Å²) in [5.74, 6) is -1.34. The number of methoxy groups -OCH3 is 1. The number of aryl methyl sites for hydroxylation is 1. The van der Waals surface area contributed by atoms with Crippen molar-refractivity contribution in [2.45, 2.75) is 13.0 Å². The van der Waals surface area contributed by atoms with E-state index in [1.54, 1.807) is 0 Å². The smallest absolute Gasteiger partial charge is 0.251 e. The zero-order valence-electron chi connectivity index (χ0n) is 10.2. The predicted octanol–water partition coefficient (Wildman–Crippen LogP) is 2.67. The lowest BCUT2D eigenvalue weighted by molar-refractivity contribution is 0.338. The quantitative estimate of drug-likeness (QED) is 0.741. The minimum absolute atomic E-state index is 0.248. The van der Waals surface area contributed by atoms with Crippen molar-refractivity contribution in [2.75, 3.05) is 7.11 Å². The maximum Gasteiger partial charge on any atom is 0.251 e. The van der Waals surface area contributed by atoms with Gasteiger partial charge in [-0.05, 0) is 12.5 Å². The molecule has 0 fully saturated rings. The molecule has 3 rings (SSSR count). The van der Waals surface area contributed by atoms with Gasteiger partial charge in [-0.3, -0.25) is 4.79 Å². The number of hydrogen-bond donors (Lipinski definition) is 0. The molecule has 0 aliphatic carbocycles. The zero-order valence-corrected chi connectivity index (χ0v) is 10.2. The van der Waals surface area contributed by atoms with Crippen LogP contribution < -0.4 is 5.56 Å². The van der Waals surface area contributed by atoms with Gasteiger partial charge < -0.3 is 9.30 Å². The van der Waals surface area contributed by atoms with Gasteiger partial charge in [0.25, 0.3) is 5.56 Å². The first-order valence-corrected chi connectivity index (χ1v) is 5.87. The van der Waals surface area contributed by atoms with Crippen LogP contribution in [0.4, 0.5) is 8.78 Å². The van der Waals surface area contributed by atoms with Gasteiger partial charge >= 0.3 is 0 Å². The second-order valence-electron chi connectivity index (χ2n) is 4.43. The van der Waals surface area contributed by atoms with E-state index in [2.05, 4.69) is 0 Å². The summed E-state index contributed by atoms with van der Waals surface area (Å²) < 4.78 is 34.2. The second-order valence-corrected chi connectivity index (χ2v) is 4.43. The van der Waals surface area contributed by atoms with Crippen LogP contribution in [0.25, 0.3) is 16.5 Å². The van der Waals surface area contributed by atoms with E-state index in [-0.39, 0.29) is 16.5 Å². The summed E-state index contributed by atoms with van der Waals surface area (Å²) in [5.41, 5.74) is 0.938. The average Bonchev–Trinajstić information content (AvgIpc) is 2.38. The molecule has 0 atom stereocenters. The van der Waals surface area contributed by atoms with Crippen molar-refractivity contribution < 1.29 is 13.5 Å². The van der Waals surface area contributed by atoms with Crippen LogP contribution in [0.1, 0.15) is 12.0 Å². The second kappa shape index (κ2) is 4.19. The molecule has 0 amide bonds. The molecule has 1 aromatic carbocycles. The summed E-state index contributed by atoms with van der Waals surface area (Å²) in [6.45, 7) is 0.390. The number of pyridine rings is 1. The van der Waals surface area contributed by atoms with Gasteiger partial charge in [-0.15, -0.1) is 0 Å². The highest BCUT2D eigenvalue weighted by molar-refractivity contribution is 5.93. The van der Waals surface area contributed by atoms with Gasteiger partial charge in [0.05, 0.1) is 18.9 Å². The molecule has 1 aliphatic rings. The molecule has 0 radical (unpaired) electrons. The normalized spacial score (nSPS) is 16.1. The number of aromatic nitrogens is 1. The number of rotatable bonds is 1. The maximum atomic E-state index is 14.0. The number of allylic oxidation sites excluding steroid dienone is 1. The highest BCUT2D eigenvalue weighted by atomic mass is 19.1. The summed E-state index contributed by atoms with van der Waals surface area (Å²) >= 11 is 0. The van der Waals surface area contributed by atoms with Crippen LogP contribution >= 0.6 is 0 Å². The van der Waals surface area contributed by atoms with Crippen molar-refractivity contribution in [1.82, 2.24) is 4.57 Å². The molecule has 98 valence electrons. The molecule has 0 saturated heterocycles. The highest BCUT2D eigenvalue weighted by Gasteiger charge is 2.23. The molecule has 2 heterocycles. The van der Waals surface area contributed by atoms with Crippen molar-refractivity contribution >= 4 is 16.5 Å². The fourth-order valence-corrected chi connectivity index (χ4v) is 2.56. The molecule has 1 aromatic heterocycles. The zero-order chi connectivity index (χ0) is 13.6. The molecule has 5 heteroatoms. The third kappa shape index (κ3) is 1.65. The topological polar surface area (TPSA) is 31.2 Å². The molecule has 0 bridgehead atoms. The van der Waals surface area contributed by atoms with Crippen LogP contribution in [0.2, 0.25) is 0 Å². The first-order valence-electron chi connectivity index (χ1n) is 5.87. The van der Waals surface area contributed by atoms with Gasteiger partial charge in [0.2, 0.25) is 0 Å². The maximum absolute atomic E-state index is 14.0. The van der Waals surface area contributed by atoms with E-state index < -0.39 is 11.6 Å². The minimum Gasteiger partial charge on any atom is -0.504 e. The standard InChI is InChI=1S/C14H11F2NO2/c1-19-7-8-4-5-17-12(18)3-2-9-10(15)6-11(16)13(8)14(9)17/h2-3,6-7H,4-5H2,1H3. The largest absolute Gasteiger partial charge is 0.504 e. The third-order valence-corrected chi connectivity index (χ3v) is 3.36. The molecule has 0 unspecified atom stereocenters. The van der Waals surface area contributed by atoms with Gasteiger partial charge in [-0.1, -0.05) is 0 Å². The van der Waals surface area contributed by atoms with Crippen LogP contribution in [0.5, 0.6) is 0 Å². The Kier molecular flexibility index (Phi) is 2.62. The van der Waals surface area contributed by atoms with Gasteiger partial charge in [0, 0.05) is 35.2 Å².